The molecule has 0 fully saturated rings. The van der Waals surface area contributed by atoms with E-state index in [1.54, 1.807) is 6.92 Å². The highest BCUT2D eigenvalue weighted by atomic mass is 16.6. The Labute approximate surface area is 76.5 Å². The van der Waals surface area contributed by atoms with E-state index in [0.717, 1.165) is 0 Å². The predicted octanol–water partition coefficient (Wildman–Crippen LogP) is 0.374. The smallest absolute Gasteiger partial charge is 0.317 e. The van der Waals surface area contributed by atoms with Crippen LogP contribution in [0.25, 0.3) is 0 Å². The number of hydrogen-bond acceptors (Lipinski definition) is 5. The van der Waals surface area contributed by atoms with Crippen molar-refractivity contribution in [2.45, 2.75) is 19.4 Å². The largest absolute Gasteiger partial charge is 0.467 e. The third-order valence-electron chi connectivity index (χ3n) is 1.83. The van der Waals surface area contributed by atoms with Crippen LogP contribution in [-0.2, 0) is 0 Å². The number of aryl methyl sites for hydroxylation is 1. The topological polar surface area (TPSA) is 81.5 Å². The number of hydrogen-bond donors (Lipinski definition) is 2. The Morgan fingerprint density at radius 2 is 2.38 bits per heavy atom. The molecule has 0 radical (unpaired) electrons. The molecular formula is C8H14N2O3. The number of rotatable bonds is 4. The molecule has 1 unspecified atom stereocenters. The number of aromatic nitrogens is 1. The maximum atomic E-state index is 9.64. The number of aliphatic hydroxyl groups is 1. The average molecular weight is 186 g/mol. The number of methoxy groups -OCH3 is 1. The van der Waals surface area contributed by atoms with Crippen LogP contribution < -0.4 is 10.5 Å². The van der Waals surface area contributed by atoms with Crippen molar-refractivity contribution < 1.29 is 14.4 Å². The highest BCUT2D eigenvalue weighted by Gasteiger charge is 2.20. The van der Waals surface area contributed by atoms with Gasteiger partial charge in [-0.15, -0.1) is 0 Å². The summed E-state index contributed by atoms with van der Waals surface area (Å²) >= 11 is 0. The van der Waals surface area contributed by atoms with Crippen LogP contribution >= 0.6 is 0 Å². The summed E-state index contributed by atoms with van der Waals surface area (Å²) in [5, 5.41) is 13.3. The van der Waals surface area contributed by atoms with Gasteiger partial charge in [0.25, 0.3) is 0 Å². The van der Waals surface area contributed by atoms with Gasteiger partial charge in [0, 0.05) is 0 Å². The Morgan fingerprint density at radius 3 is 2.92 bits per heavy atom. The van der Waals surface area contributed by atoms with Crippen molar-refractivity contribution in [2.75, 3.05) is 13.7 Å². The Balaban J connectivity index is 2.89. The predicted molar refractivity (Wildman–Crippen MR) is 46.4 cm³/mol. The Bertz CT molecular complexity index is 272. The fraction of sp³-hybridized carbons (Fsp3) is 0.625. The van der Waals surface area contributed by atoms with Crippen molar-refractivity contribution in [3.05, 3.63) is 11.3 Å². The summed E-state index contributed by atoms with van der Waals surface area (Å²) in [6.45, 7) is 2.16. The first-order chi connectivity index (χ1) is 6.20. The monoisotopic (exact) mass is 186 g/mol. The van der Waals surface area contributed by atoms with Gasteiger partial charge < -0.3 is 20.1 Å². The standard InChI is InChI=1S/C8H14N2O3/c1-5-7(6(11)3-4-9)8(12-2)13-10-5/h6,11H,3-4,9H2,1-2H3. The first-order valence-corrected chi connectivity index (χ1v) is 4.09. The van der Waals surface area contributed by atoms with Crippen molar-refractivity contribution in [3.8, 4) is 5.95 Å². The normalized spacial score (nSPS) is 12.9. The van der Waals surface area contributed by atoms with Crippen molar-refractivity contribution >= 4 is 0 Å². The molecule has 5 heteroatoms. The maximum absolute atomic E-state index is 9.64. The highest BCUT2D eigenvalue weighted by molar-refractivity contribution is 5.29. The van der Waals surface area contributed by atoms with Crippen molar-refractivity contribution in [2.24, 2.45) is 5.73 Å². The lowest BCUT2D eigenvalue weighted by Gasteiger charge is -2.07. The first kappa shape index (κ1) is 10.0. The molecule has 1 heterocycles. The summed E-state index contributed by atoms with van der Waals surface area (Å²) in [5.74, 6) is 0.262. The Hall–Kier alpha value is -1.07. The number of aliphatic hydroxyl groups excluding tert-OH is 1. The van der Waals surface area contributed by atoms with Crippen LogP contribution in [-0.4, -0.2) is 23.9 Å². The minimum absolute atomic E-state index is 0.262. The minimum atomic E-state index is -0.661. The molecule has 5 nitrogen and oxygen atoms in total. The zero-order chi connectivity index (χ0) is 9.84. The Morgan fingerprint density at radius 1 is 1.69 bits per heavy atom. The number of nitrogens with two attached hydrogens (primary N) is 1. The molecule has 0 spiro atoms. The molecule has 0 amide bonds. The zero-order valence-electron chi connectivity index (χ0n) is 7.78. The first-order valence-electron chi connectivity index (χ1n) is 4.09. The van der Waals surface area contributed by atoms with Gasteiger partial charge in [-0.05, 0) is 19.9 Å². The number of ether oxygens (including phenoxy) is 1. The molecule has 1 aromatic rings. The van der Waals surface area contributed by atoms with Gasteiger partial charge in [0.05, 0.1) is 24.5 Å². The quantitative estimate of drug-likeness (QED) is 0.710. The van der Waals surface area contributed by atoms with E-state index in [9.17, 15) is 5.11 Å². The summed E-state index contributed by atoms with van der Waals surface area (Å²) in [6, 6.07) is 0. The lowest BCUT2D eigenvalue weighted by Crippen LogP contribution is -2.07. The van der Waals surface area contributed by atoms with Gasteiger partial charge in [0.1, 0.15) is 0 Å². The summed E-state index contributed by atoms with van der Waals surface area (Å²) in [5.41, 5.74) is 6.55. The highest BCUT2D eigenvalue weighted by Crippen LogP contribution is 2.29. The van der Waals surface area contributed by atoms with Gasteiger partial charge in [0.2, 0.25) is 0 Å². The lowest BCUT2D eigenvalue weighted by molar-refractivity contribution is 0.160. The van der Waals surface area contributed by atoms with Gasteiger partial charge >= 0.3 is 5.95 Å². The molecule has 1 aromatic heterocycles. The van der Waals surface area contributed by atoms with Gasteiger partial charge in [-0.3, -0.25) is 0 Å². The fourth-order valence-corrected chi connectivity index (χ4v) is 1.18. The van der Waals surface area contributed by atoms with E-state index in [1.807, 2.05) is 0 Å². The van der Waals surface area contributed by atoms with E-state index < -0.39 is 6.10 Å². The molecule has 0 aliphatic heterocycles. The average Bonchev–Trinajstić information content (AvgIpc) is 2.47. The van der Waals surface area contributed by atoms with E-state index in [4.69, 9.17) is 15.0 Å². The summed E-state index contributed by atoms with van der Waals surface area (Å²) in [7, 11) is 1.47. The van der Waals surface area contributed by atoms with Crippen LogP contribution in [0.5, 0.6) is 5.95 Å². The molecule has 0 saturated carbocycles. The van der Waals surface area contributed by atoms with E-state index in [2.05, 4.69) is 5.16 Å². The van der Waals surface area contributed by atoms with Gasteiger partial charge in [-0.25, -0.2) is 0 Å². The summed E-state index contributed by atoms with van der Waals surface area (Å²) in [4.78, 5) is 0. The third-order valence-corrected chi connectivity index (χ3v) is 1.83. The van der Waals surface area contributed by atoms with Gasteiger partial charge in [-0.1, -0.05) is 5.16 Å². The second-order valence-corrected chi connectivity index (χ2v) is 2.77. The molecule has 3 N–H and O–H groups in total. The SMILES string of the molecule is COc1onc(C)c1C(O)CCN. The van der Waals surface area contributed by atoms with Crippen molar-refractivity contribution in [1.29, 1.82) is 0 Å². The van der Waals surface area contributed by atoms with E-state index in [-0.39, 0.29) is 5.95 Å². The fourth-order valence-electron chi connectivity index (χ4n) is 1.18. The molecule has 0 bridgehead atoms. The minimum Gasteiger partial charge on any atom is -0.467 e. The second-order valence-electron chi connectivity index (χ2n) is 2.77. The van der Waals surface area contributed by atoms with Gasteiger partial charge in [-0.2, -0.15) is 0 Å². The third kappa shape index (κ3) is 1.99. The summed E-state index contributed by atoms with van der Waals surface area (Å²) in [6.07, 6.45) is -0.190. The van der Waals surface area contributed by atoms with Crippen molar-refractivity contribution in [3.63, 3.8) is 0 Å². The second kappa shape index (κ2) is 4.25. The van der Waals surface area contributed by atoms with E-state index in [1.165, 1.54) is 7.11 Å². The molecule has 74 valence electrons. The number of nitrogens with zero attached hydrogens (tertiary/aromatic N) is 1. The van der Waals surface area contributed by atoms with Crippen LogP contribution in [0.15, 0.2) is 4.52 Å². The van der Waals surface area contributed by atoms with Crippen LogP contribution in [0, 0.1) is 6.92 Å². The summed E-state index contributed by atoms with van der Waals surface area (Å²) < 4.78 is 9.74. The molecule has 0 aliphatic rings. The van der Waals surface area contributed by atoms with Crippen LogP contribution in [0.3, 0.4) is 0 Å². The molecule has 0 aliphatic carbocycles. The van der Waals surface area contributed by atoms with E-state index >= 15 is 0 Å². The van der Waals surface area contributed by atoms with E-state index in [0.29, 0.717) is 24.2 Å². The lowest BCUT2D eigenvalue weighted by atomic mass is 10.1. The molecule has 0 saturated heterocycles. The molecule has 0 aromatic carbocycles. The van der Waals surface area contributed by atoms with Crippen LogP contribution in [0.2, 0.25) is 0 Å². The molecule has 13 heavy (non-hydrogen) atoms. The van der Waals surface area contributed by atoms with Crippen LogP contribution in [0.4, 0.5) is 0 Å². The van der Waals surface area contributed by atoms with Gasteiger partial charge in [0.15, 0.2) is 0 Å². The maximum Gasteiger partial charge on any atom is 0.317 e. The van der Waals surface area contributed by atoms with Crippen LogP contribution in [0.1, 0.15) is 23.8 Å². The molecular weight excluding hydrogens is 172 g/mol. The molecule has 1 atom stereocenters. The van der Waals surface area contributed by atoms with Crippen molar-refractivity contribution in [1.82, 2.24) is 5.16 Å². The Kier molecular flexibility index (Phi) is 3.27. The molecule has 1 rings (SSSR count). The zero-order valence-corrected chi connectivity index (χ0v) is 7.78.